The zero-order chi connectivity index (χ0) is 46.5. The van der Waals surface area contributed by atoms with E-state index in [4.69, 9.17) is 4.74 Å². The maximum absolute atomic E-state index is 12.5. The molecule has 0 fully saturated rings. The maximum Gasteiger partial charge on any atom is 0.305 e. The summed E-state index contributed by atoms with van der Waals surface area (Å²) in [6.07, 6.45) is 63.4. The van der Waals surface area contributed by atoms with E-state index >= 15 is 0 Å². The summed E-state index contributed by atoms with van der Waals surface area (Å²) in [7, 11) is 0. The van der Waals surface area contributed by atoms with Crippen LogP contribution in [0, 0.1) is 0 Å². The molecule has 3 N–H and O–H groups in total. The zero-order valence-corrected chi connectivity index (χ0v) is 43.3. The van der Waals surface area contributed by atoms with Crippen molar-refractivity contribution in [2.75, 3.05) is 13.2 Å². The molecule has 0 aliphatic heterocycles. The molecule has 6 heteroatoms. The second-order valence-corrected chi connectivity index (χ2v) is 20.0. The highest BCUT2D eigenvalue weighted by Crippen LogP contribution is 2.18. The summed E-state index contributed by atoms with van der Waals surface area (Å²) in [6.45, 7) is 4.92. The maximum atomic E-state index is 12.5. The SMILES string of the molecule is CCCCC/C=C\CCCCCCCC(=O)OCCCCCCCCCCCCCCCC(=O)NC(CO)C(O)CCCCCCCCCCCCCCCCCCCCCCCC. The molecular formula is C58H113NO5. The number of hydrogen-bond acceptors (Lipinski definition) is 5. The van der Waals surface area contributed by atoms with Gasteiger partial charge in [-0.15, -0.1) is 0 Å². The molecule has 2 atom stereocenters. The van der Waals surface area contributed by atoms with Crippen molar-refractivity contribution >= 4 is 11.9 Å². The minimum Gasteiger partial charge on any atom is -0.466 e. The number of rotatable bonds is 54. The summed E-state index contributed by atoms with van der Waals surface area (Å²) in [5.74, 6) is -0.0593. The van der Waals surface area contributed by atoms with Crippen LogP contribution in [0.3, 0.4) is 0 Å². The summed E-state index contributed by atoms with van der Waals surface area (Å²) in [4.78, 5) is 24.5. The predicted molar refractivity (Wildman–Crippen MR) is 278 cm³/mol. The molecule has 64 heavy (non-hydrogen) atoms. The van der Waals surface area contributed by atoms with Crippen LogP contribution in [-0.4, -0.2) is 47.4 Å². The van der Waals surface area contributed by atoms with Gasteiger partial charge in [0.1, 0.15) is 0 Å². The Balaban J connectivity index is 3.45. The van der Waals surface area contributed by atoms with E-state index < -0.39 is 12.1 Å². The Hall–Kier alpha value is -1.40. The fourth-order valence-electron chi connectivity index (χ4n) is 9.11. The van der Waals surface area contributed by atoms with E-state index in [1.807, 2.05) is 0 Å². The van der Waals surface area contributed by atoms with Crippen molar-refractivity contribution in [2.45, 2.75) is 334 Å². The number of allylic oxidation sites excluding steroid dienone is 2. The predicted octanol–water partition coefficient (Wildman–Crippen LogP) is 17.7. The average Bonchev–Trinajstić information content (AvgIpc) is 3.29. The Bertz CT molecular complexity index is 955. The van der Waals surface area contributed by atoms with E-state index in [0.717, 1.165) is 51.4 Å². The van der Waals surface area contributed by atoms with Gasteiger partial charge in [-0.1, -0.05) is 270 Å². The van der Waals surface area contributed by atoms with E-state index in [0.29, 0.717) is 25.9 Å². The van der Waals surface area contributed by atoms with Crippen molar-refractivity contribution < 1.29 is 24.5 Å². The fourth-order valence-corrected chi connectivity index (χ4v) is 9.11. The zero-order valence-electron chi connectivity index (χ0n) is 43.3. The lowest BCUT2D eigenvalue weighted by Crippen LogP contribution is -2.45. The van der Waals surface area contributed by atoms with E-state index in [2.05, 4.69) is 31.3 Å². The number of carbonyl (C=O) groups is 2. The topological polar surface area (TPSA) is 95.9 Å². The van der Waals surface area contributed by atoms with Crippen LogP contribution in [0.15, 0.2) is 12.2 Å². The number of aliphatic hydroxyl groups excluding tert-OH is 2. The largest absolute Gasteiger partial charge is 0.466 e. The first-order chi connectivity index (χ1) is 31.5. The van der Waals surface area contributed by atoms with E-state index in [9.17, 15) is 19.8 Å². The van der Waals surface area contributed by atoms with Crippen LogP contribution in [-0.2, 0) is 14.3 Å². The van der Waals surface area contributed by atoms with Crippen LogP contribution < -0.4 is 5.32 Å². The Labute approximate surface area is 399 Å². The lowest BCUT2D eigenvalue weighted by molar-refractivity contribution is -0.143. The van der Waals surface area contributed by atoms with Crippen LogP contribution in [0.4, 0.5) is 0 Å². The molecule has 0 saturated carbocycles. The highest BCUT2D eigenvalue weighted by molar-refractivity contribution is 5.76. The molecule has 0 spiro atoms. The molecule has 0 radical (unpaired) electrons. The quantitative estimate of drug-likeness (QED) is 0.0321. The Morgan fingerprint density at radius 1 is 0.422 bits per heavy atom. The minimum absolute atomic E-state index is 0.0145. The van der Waals surface area contributed by atoms with Crippen molar-refractivity contribution in [1.29, 1.82) is 0 Å². The molecule has 380 valence electrons. The summed E-state index contributed by atoms with van der Waals surface area (Å²) in [6, 6.07) is -0.551. The summed E-state index contributed by atoms with van der Waals surface area (Å²) < 4.78 is 5.45. The molecule has 0 saturated heterocycles. The molecule has 0 aliphatic carbocycles. The normalized spacial score (nSPS) is 12.6. The van der Waals surface area contributed by atoms with Crippen LogP contribution in [0.5, 0.6) is 0 Å². The first kappa shape index (κ1) is 62.6. The van der Waals surface area contributed by atoms with Gasteiger partial charge in [0.2, 0.25) is 5.91 Å². The number of nitrogens with one attached hydrogen (secondary N) is 1. The van der Waals surface area contributed by atoms with Crippen LogP contribution >= 0.6 is 0 Å². The number of hydrogen-bond donors (Lipinski definition) is 3. The van der Waals surface area contributed by atoms with Gasteiger partial charge in [-0.2, -0.15) is 0 Å². The lowest BCUT2D eigenvalue weighted by Gasteiger charge is -2.22. The summed E-state index contributed by atoms with van der Waals surface area (Å²) >= 11 is 0. The number of esters is 1. The Kier molecular flexibility index (Phi) is 53.0. The second-order valence-electron chi connectivity index (χ2n) is 20.0. The first-order valence-corrected chi connectivity index (χ1v) is 28.9. The average molecular weight is 905 g/mol. The standard InChI is InChI=1S/C58H113NO5/c1-3-5-7-9-11-13-15-17-18-19-20-21-22-23-24-25-27-30-34-38-42-46-50-56(61)55(54-60)59-57(62)51-47-43-39-35-31-28-26-29-33-37-41-45-49-53-64-58(63)52-48-44-40-36-32-16-14-12-10-8-6-4-2/h12,14,55-56,60-61H,3-11,13,15-54H2,1-2H3,(H,59,62)/b14-12-. The van der Waals surface area contributed by atoms with Crippen LogP contribution in [0.2, 0.25) is 0 Å². The molecular weight excluding hydrogens is 791 g/mol. The molecule has 0 aliphatic rings. The van der Waals surface area contributed by atoms with Gasteiger partial charge in [0.25, 0.3) is 0 Å². The van der Waals surface area contributed by atoms with Crippen molar-refractivity contribution in [1.82, 2.24) is 5.32 Å². The summed E-state index contributed by atoms with van der Waals surface area (Å²) in [5.41, 5.74) is 0. The van der Waals surface area contributed by atoms with Gasteiger partial charge in [-0.05, 0) is 51.4 Å². The molecule has 0 rings (SSSR count). The van der Waals surface area contributed by atoms with Gasteiger partial charge < -0.3 is 20.3 Å². The molecule has 0 aromatic rings. The fraction of sp³-hybridized carbons (Fsp3) is 0.931. The number of carbonyl (C=O) groups excluding carboxylic acids is 2. The minimum atomic E-state index is -0.673. The molecule has 0 aromatic heterocycles. The molecule has 0 aromatic carbocycles. The third-order valence-electron chi connectivity index (χ3n) is 13.6. The van der Waals surface area contributed by atoms with Gasteiger partial charge in [0.15, 0.2) is 0 Å². The number of aliphatic hydroxyl groups is 2. The van der Waals surface area contributed by atoms with Crippen LogP contribution in [0.1, 0.15) is 322 Å². The highest BCUT2D eigenvalue weighted by atomic mass is 16.5. The highest BCUT2D eigenvalue weighted by Gasteiger charge is 2.20. The van der Waals surface area contributed by atoms with Gasteiger partial charge in [0, 0.05) is 12.8 Å². The summed E-state index contributed by atoms with van der Waals surface area (Å²) in [5, 5.41) is 23.3. The van der Waals surface area contributed by atoms with Gasteiger partial charge in [-0.3, -0.25) is 9.59 Å². The van der Waals surface area contributed by atoms with Crippen LogP contribution in [0.25, 0.3) is 0 Å². The Morgan fingerprint density at radius 3 is 1.14 bits per heavy atom. The van der Waals surface area contributed by atoms with Crippen molar-refractivity contribution in [3.63, 3.8) is 0 Å². The smallest absolute Gasteiger partial charge is 0.305 e. The van der Waals surface area contributed by atoms with Crippen molar-refractivity contribution in [3.8, 4) is 0 Å². The van der Waals surface area contributed by atoms with Gasteiger partial charge >= 0.3 is 5.97 Å². The molecule has 2 unspecified atom stereocenters. The second kappa shape index (κ2) is 54.2. The Morgan fingerprint density at radius 2 is 0.734 bits per heavy atom. The molecule has 1 amide bonds. The van der Waals surface area contributed by atoms with E-state index in [-0.39, 0.29) is 18.5 Å². The number of amides is 1. The number of ether oxygens (including phenoxy) is 1. The first-order valence-electron chi connectivity index (χ1n) is 28.9. The lowest BCUT2D eigenvalue weighted by atomic mass is 10.0. The molecule has 0 heterocycles. The monoisotopic (exact) mass is 904 g/mol. The molecule has 0 bridgehead atoms. The number of unbranched alkanes of at least 4 members (excludes halogenated alkanes) is 41. The van der Waals surface area contributed by atoms with Crippen molar-refractivity contribution in [2.24, 2.45) is 0 Å². The van der Waals surface area contributed by atoms with Crippen molar-refractivity contribution in [3.05, 3.63) is 12.2 Å². The molecule has 6 nitrogen and oxygen atoms in total. The van der Waals surface area contributed by atoms with Gasteiger partial charge in [-0.25, -0.2) is 0 Å². The third kappa shape index (κ3) is 50.0. The third-order valence-corrected chi connectivity index (χ3v) is 13.6. The van der Waals surface area contributed by atoms with E-state index in [1.165, 1.54) is 238 Å². The van der Waals surface area contributed by atoms with Gasteiger partial charge in [0.05, 0.1) is 25.4 Å². The van der Waals surface area contributed by atoms with E-state index in [1.54, 1.807) is 0 Å².